The van der Waals surface area contributed by atoms with Crippen molar-refractivity contribution < 1.29 is 9.59 Å². The van der Waals surface area contributed by atoms with E-state index in [0.717, 1.165) is 17.3 Å². The molecule has 8 heteroatoms. The van der Waals surface area contributed by atoms with Crippen LogP contribution in [0.1, 0.15) is 22.8 Å². The molecule has 25 heavy (non-hydrogen) atoms. The summed E-state index contributed by atoms with van der Waals surface area (Å²) >= 11 is 0. The lowest BCUT2D eigenvalue weighted by molar-refractivity contribution is -0.130. The fraction of sp³-hybridized carbons (Fsp3) is 0.294. The van der Waals surface area contributed by atoms with Gasteiger partial charge >= 0.3 is 0 Å². The van der Waals surface area contributed by atoms with E-state index in [1.54, 1.807) is 21.8 Å². The quantitative estimate of drug-likeness (QED) is 0.761. The molecule has 1 atom stereocenters. The highest BCUT2D eigenvalue weighted by Crippen LogP contribution is 2.23. The molecule has 1 aliphatic rings. The van der Waals surface area contributed by atoms with E-state index in [4.69, 9.17) is 5.73 Å². The average molecular weight is 338 g/mol. The van der Waals surface area contributed by atoms with Crippen LogP contribution in [0.25, 0.3) is 10.9 Å². The number of amides is 2. The number of carbonyl (C=O) groups is 2. The minimum atomic E-state index is -0.491. The van der Waals surface area contributed by atoms with Crippen LogP contribution < -0.4 is 5.73 Å². The number of nitrogens with two attached hydrogens (primary N) is 1. The van der Waals surface area contributed by atoms with E-state index in [2.05, 4.69) is 10.1 Å². The van der Waals surface area contributed by atoms with E-state index >= 15 is 0 Å². The van der Waals surface area contributed by atoms with Crippen LogP contribution in [0.2, 0.25) is 0 Å². The van der Waals surface area contributed by atoms with E-state index in [1.807, 2.05) is 29.2 Å². The summed E-state index contributed by atoms with van der Waals surface area (Å²) in [5.74, 6) is -0.478. The van der Waals surface area contributed by atoms with Crippen molar-refractivity contribution in [3.8, 4) is 0 Å². The zero-order valence-corrected chi connectivity index (χ0v) is 13.6. The zero-order chi connectivity index (χ0) is 17.4. The van der Waals surface area contributed by atoms with Gasteiger partial charge in [-0.05, 0) is 12.5 Å². The SMILES string of the molecule is NC(=O)c1cn(CC(=O)N2CCC(n3cncn3)C2)c2ccccc12. The molecule has 2 aromatic heterocycles. The molecule has 128 valence electrons. The second kappa shape index (κ2) is 6.04. The summed E-state index contributed by atoms with van der Waals surface area (Å²) in [6, 6.07) is 7.62. The van der Waals surface area contributed by atoms with Crippen LogP contribution in [0.3, 0.4) is 0 Å². The number of aromatic nitrogens is 4. The molecule has 2 N–H and O–H groups in total. The van der Waals surface area contributed by atoms with Gasteiger partial charge in [-0.2, -0.15) is 5.10 Å². The minimum absolute atomic E-state index is 0.0133. The maximum absolute atomic E-state index is 12.7. The highest BCUT2D eigenvalue weighted by atomic mass is 16.2. The Balaban J connectivity index is 1.54. The van der Waals surface area contributed by atoms with Crippen molar-refractivity contribution in [1.82, 2.24) is 24.2 Å². The van der Waals surface area contributed by atoms with Crippen LogP contribution >= 0.6 is 0 Å². The molecule has 8 nitrogen and oxygen atoms in total. The fourth-order valence-electron chi connectivity index (χ4n) is 3.41. The van der Waals surface area contributed by atoms with Crippen LogP contribution in [0, 0.1) is 0 Å². The molecule has 0 spiro atoms. The van der Waals surface area contributed by atoms with Crippen LogP contribution in [0.4, 0.5) is 0 Å². The average Bonchev–Trinajstić information content (AvgIpc) is 3.34. The van der Waals surface area contributed by atoms with Crippen molar-refractivity contribution in [3.05, 3.63) is 48.7 Å². The Morgan fingerprint density at radius 3 is 2.88 bits per heavy atom. The Hall–Kier alpha value is -3.16. The number of hydrogen-bond donors (Lipinski definition) is 1. The Labute approximate surface area is 143 Å². The summed E-state index contributed by atoms with van der Waals surface area (Å²) in [7, 11) is 0. The molecular formula is C17H18N6O2. The largest absolute Gasteiger partial charge is 0.366 e. The molecule has 1 aliphatic heterocycles. The number of nitrogens with zero attached hydrogens (tertiary/aromatic N) is 5. The van der Waals surface area contributed by atoms with Gasteiger partial charge in [0.1, 0.15) is 19.2 Å². The number of fused-ring (bicyclic) bond motifs is 1. The second-order valence-corrected chi connectivity index (χ2v) is 6.21. The molecule has 0 bridgehead atoms. The zero-order valence-electron chi connectivity index (χ0n) is 13.6. The third-order valence-electron chi connectivity index (χ3n) is 4.69. The summed E-state index contributed by atoms with van der Waals surface area (Å²) in [4.78, 5) is 30.1. The van der Waals surface area contributed by atoms with Gasteiger partial charge in [0.05, 0.1) is 11.6 Å². The normalized spacial score (nSPS) is 17.3. The highest BCUT2D eigenvalue weighted by Gasteiger charge is 2.28. The number of carbonyl (C=O) groups excluding carboxylic acids is 2. The molecule has 1 saturated heterocycles. The van der Waals surface area contributed by atoms with Crippen molar-refractivity contribution >= 4 is 22.7 Å². The summed E-state index contributed by atoms with van der Waals surface area (Å²) in [5, 5.41) is 4.92. The van der Waals surface area contributed by atoms with E-state index in [-0.39, 0.29) is 18.5 Å². The van der Waals surface area contributed by atoms with Gasteiger partial charge in [-0.1, -0.05) is 18.2 Å². The second-order valence-electron chi connectivity index (χ2n) is 6.21. The van der Waals surface area contributed by atoms with E-state index in [0.29, 0.717) is 18.7 Å². The summed E-state index contributed by atoms with van der Waals surface area (Å²) < 4.78 is 3.59. The van der Waals surface area contributed by atoms with E-state index < -0.39 is 5.91 Å². The van der Waals surface area contributed by atoms with E-state index in [1.165, 1.54) is 6.33 Å². The minimum Gasteiger partial charge on any atom is -0.366 e. The molecule has 0 aliphatic carbocycles. The molecule has 0 saturated carbocycles. The lowest BCUT2D eigenvalue weighted by atomic mass is 10.2. The first-order valence-corrected chi connectivity index (χ1v) is 8.13. The molecule has 3 aromatic rings. The van der Waals surface area contributed by atoms with Gasteiger partial charge in [-0.15, -0.1) is 0 Å². The molecule has 4 rings (SSSR count). The first kappa shape index (κ1) is 15.4. The predicted octanol–water partition coefficient (Wildman–Crippen LogP) is 0.805. The van der Waals surface area contributed by atoms with Crippen LogP contribution in [0.15, 0.2) is 43.1 Å². The topological polar surface area (TPSA) is 99.0 Å². The predicted molar refractivity (Wildman–Crippen MR) is 90.7 cm³/mol. The fourth-order valence-corrected chi connectivity index (χ4v) is 3.41. The number of likely N-dealkylation sites (tertiary alicyclic amines) is 1. The van der Waals surface area contributed by atoms with Crippen LogP contribution in [0.5, 0.6) is 0 Å². The number of benzene rings is 1. The summed E-state index contributed by atoms with van der Waals surface area (Å²) in [5.41, 5.74) is 6.72. The van der Waals surface area contributed by atoms with Gasteiger partial charge in [0.15, 0.2) is 0 Å². The van der Waals surface area contributed by atoms with Crippen molar-refractivity contribution in [2.24, 2.45) is 5.73 Å². The first-order chi connectivity index (χ1) is 12.1. The van der Waals surface area contributed by atoms with Crippen LogP contribution in [-0.2, 0) is 11.3 Å². The molecule has 1 unspecified atom stereocenters. The molecule has 3 heterocycles. The van der Waals surface area contributed by atoms with Crippen molar-refractivity contribution in [1.29, 1.82) is 0 Å². The lowest BCUT2D eigenvalue weighted by Gasteiger charge is -2.17. The Kier molecular flexibility index (Phi) is 3.72. The summed E-state index contributed by atoms with van der Waals surface area (Å²) in [6.45, 7) is 1.48. The van der Waals surface area contributed by atoms with Gasteiger partial charge in [-0.25, -0.2) is 9.67 Å². The highest BCUT2D eigenvalue weighted by molar-refractivity contribution is 6.06. The van der Waals surface area contributed by atoms with Crippen molar-refractivity contribution in [3.63, 3.8) is 0 Å². The maximum atomic E-state index is 12.7. The molecular weight excluding hydrogens is 320 g/mol. The van der Waals surface area contributed by atoms with Crippen LogP contribution in [-0.4, -0.2) is 49.1 Å². The van der Waals surface area contributed by atoms with Gasteiger partial charge < -0.3 is 15.2 Å². The summed E-state index contributed by atoms with van der Waals surface area (Å²) in [6.07, 6.45) is 5.70. The Morgan fingerprint density at radius 1 is 1.28 bits per heavy atom. The third kappa shape index (κ3) is 2.75. The van der Waals surface area contributed by atoms with Gasteiger partial charge in [0.25, 0.3) is 5.91 Å². The molecule has 2 amide bonds. The monoisotopic (exact) mass is 338 g/mol. The van der Waals surface area contributed by atoms with Gasteiger partial charge in [-0.3, -0.25) is 9.59 Å². The third-order valence-corrected chi connectivity index (χ3v) is 4.69. The number of rotatable bonds is 4. The number of para-hydroxylation sites is 1. The Bertz CT molecular complexity index is 930. The first-order valence-electron chi connectivity index (χ1n) is 8.13. The molecule has 1 fully saturated rings. The smallest absolute Gasteiger partial charge is 0.250 e. The van der Waals surface area contributed by atoms with E-state index in [9.17, 15) is 9.59 Å². The van der Waals surface area contributed by atoms with Gasteiger partial charge in [0.2, 0.25) is 5.91 Å². The molecule has 0 radical (unpaired) electrons. The lowest BCUT2D eigenvalue weighted by Crippen LogP contribution is -2.32. The van der Waals surface area contributed by atoms with Gasteiger partial charge in [0, 0.05) is 30.2 Å². The molecule has 1 aromatic carbocycles. The Morgan fingerprint density at radius 2 is 2.12 bits per heavy atom. The number of primary amides is 1. The number of hydrogen-bond acceptors (Lipinski definition) is 4. The van der Waals surface area contributed by atoms with Crippen molar-refractivity contribution in [2.45, 2.75) is 19.0 Å². The van der Waals surface area contributed by atoms with Crippen molar-refractivity contribution in [2.75, 3.05) is 13.1 Å². The standard InChI is InChI=1S/C17H18N6O2/c18-17(25)14-8-22(15-4-2-1-3-13(14)15)9-16(24)21-6-5-12(7-21)23-11-19-10-20-23/h1-4,8,10-12H,5-7,9H2,(H2,18,25). The maximum Gasteiger partial charge on any atom is 0.250 e.